The van der Waals surface area contributed by atoms with Crippen molar-refractivity contribution in [1.82, 2.24) is 9.80 Å². The van der Waals surface area contributed by atoms with Gasteiger partial charge in [0.15, 0.2) is 0 Å². The highest BCUT2D eigenvalue weighted by Gasteiger charge is 2.16. The summed E-state index contributed by atoms with van der Waals surface area (Å²) in [7, 11) is 2.09. The van der Waals surface area contributed by atoms with Crippen molar-refractivity contribution < 1.29 is 4.39 Å². The molecule has 5 heteroatoms. The number of thioether (sulfide) groups is 1. The topological polar surface area (TPSA) is 30.3 Å². The fourth-order valence-corrected chi connectivity index (χ4v) is 2.73. The minimum Gasteiger partial charge on any atom is -0.357 e. The van der Waals surface area contributed by atoms with Crippen LogP contribution in [0.4, 0.5) is 4.39 Å². The van der Waals surface area contributed by atoms with Gasteiger partial charge in [-0.25, -0.2) is 4.39 Å². The summed E-state index contributed by atoms with van der Waals surface area (Å²) in [6.07, 6.45) is 0. The van der Waals surface area contributed by atoms with Gasteiger partial charge in [0.05, 0.1) is 5.75 Å². The SMILES string of the molecule is CN1CCN(C(=N)CSc2ccccc2F)CC1. The van der Waals surface area contributed by atoms with Gasteiger partial charge in [0.25, 0.3) is 0 Å². The van der Waals surface area contributed by atoms with E-state index in [0.717, 1.165) is 26.2 Å². The maximum atomic E-state index is 13.4. The summed E-state index contributed by atoms with van der Waals surface area (Å²) in [5, 5.41) is 8.03. The molecule has 0 aromatic heterocycles. The van der Waals surface area contributed by atoms with E-state index in [-0.39, 0.29) is 5.82 Å². The van der Waals surface area contributed by atoms with Crippen LogP contribution >= 0.6 is 11.8 Å². The molecule has 2 rings (SSSR count). The number of benzene rings is 1. The molecule has 0 unspecified atom stereocenters. The zero-order chi connectivity index (χ0) is 13.0. The molecule has 3 nitrogen and oxygen atoms in total. The van der Waals surface area contributed by atoms with Crippen LogP contribution in [-0.2, 0) is 0 Å². The maximum absolute atomic E-state index is 13.4. The van der Waals surface area contributed by atoms with Gasteiger partial charge in [-0.15, -0.1) is 11.8 Å². The van der Waals surface area contributed by atoms with Gasteiger partial charge in [0, 0.05) is 31.1 Å². The maximum Gasteiger partial charge on any atom is 0.136 e. The van der Waals surface area contributed by atoms with Gasteiger partial charge in [-0.1, -0.05) is 12.1 Å². The zero-order valence-corrected chi connectivity index (χ0v) is 11.3. The molecule has 0 radical (unpaired) electrons. The standard InChI is InChI=1S/C13H18FN3S/c1-16-6-8-17(9-7-16)13(15)10-18-12-5-3-2-4-11(12)14/h2-5,15H,6-10H2,1H3. The van der Waals surface area contributed by atoms with Gasteiger partial charge in [0.2, 0.25) is 0 Å². The van der Waals surface area contributed by atoms with Crippen molar-refractivity contribution in [2.45, 2.75) is 4.90 Å². The molecule has 0 aliphatic carbocycles. The summed E-state index contributed by atoms with van der Waals surface area (Å²) >= 11 is 1.39. The van der Waals surface area contributed by atoms with Crippen molar-refractivity contribution in [3.05, 3.63) is 30.1 Å². The first-order valence-electron chi connectivity index (χ1n) is 6.05. The second-order valence-corrected chi connectivity index (χ2v) is 5.47. The number of nitrogens with one attached hydrogen (secondary N) is 1. The Morgan fingerprint density at radius 1 is 1.28 bits per heavy atom. The Bertz CT molecular complexity index is 416. The van der Waals surface area contributed by atoms with Crippen molar-refractivity contribution in [3.63, 3.8) is 0 Å². The van der Waals surface area contributed by atoms with Crippen LogP contribution in [0.2, 0.25) is 0 Å². The van der Waals surface area contributed by atoms with Crippen LogP contribution in [0.25, 0.3) is 0 Å². The molecule has 0 spiro atoms. The molecule has 98 valence electrons. The number of halogens is 1. The number of nitrogens with zero attached hydrogens (tertiary/aromatic N) is 2. The largest absolute Gasteiger partial charge is 0.357 e. The van der Waals surface area contributed by atoms with E-state index in [2.05, 4.69) is 16.8 Å². The average Bonchev–Trinajstić information content (AvgIpc) is 2.38. The highest BCUT2D eigenvalue weighted by molar-refractivity contribution is 8.00. The third kappa shape index (κ3) is 3.46. The molecule has 1 aliphatic rings. The highest BCUT2D eigenvalue weighted by atomic mass is 32.2. The fraction of sp³-hybridized carbons (Fsp3) is 0.462. The van der Waals surface area contributed by atoms with Crippen molar-refractivity contribution in [2.24, 2.45) is 0 Å². The molecular formula is C13H18FN3S. The molecule has 0 atom stereocenters. The lowest BCUT2D eigenvalue weighted by Crippen LogP contribution is -2.47. The molecule has 0 amide bonds. The summed E-state index contributed by atoms with van der Waals surface area (Å²) in [4.78, 5) is 4.96. The van der Waals surface area contributed by atoms with Gasteiger partial charge in [-0.2, -0.15) is 0 Å². The molecule has 18 heavy (non-hydrogen) atoms. The van der Waals surface area contributed by atoms with E-state index in [4.69, 9.17) is 5.41 Å². The van der Waals surface area contributed by atoms with E-state index in [1.807, 2.05) is 6.07 Å². The molecule has 1 aromatic carbocycles. The normalized spacial score (nSPS) is 16.9. The second kappa shape index (κ2) is 6.20. The average molecular weight is 267 g/mol. The van der Waals surface area contributed by atoms with Crippen molar-refractivity contribution in [3.8, 4) is 0 Å². The van der Waals surface area contributed by atoms with E-state index in [0.29, 0.717) is 16.5 Å². The first kappa shape index (κ1) is 13.4. The highest BCUT2D eigenvalue weighted by Crippen LogP contribution is 2.21. The molecule has 0 bridgehead atoms. The molecule has 1 aromatic rings. The number of hydrogen-bond donors (Lipinski definition) is 1. The summed E-state index contributed by atoms with van der Waals surface area (Å²) in [5.41, 5.74) is 0. The molecule has 1 heterocycles. The summed E-state index contributed by atoms with van der Waals surface area (Å²) in [5.74, 6) is 0.926. The Morgan fingerprint density at radius 3 is 2.61 bits per heavy atom. The van der Waals surface area contributed by atoms with Crippen molar-refractivity contribution in [1.29, 1.82) is 5.41 Å². The minimum absolute atomic E-state index is 0.200. The third-order valence-electron chi connectivity index (χ3n) is 3.09. The van der Waals surface area contributed by atoms with Crippen LogP contribution in [0.1, 0.15) is 0 Å². The minimum atomic E-state index is -0.200. The first-order valence-corrected chi connectivity index (χ1v) is 7.03. The van der Waals surface area contributed by atoms with E-state index >= 15 is 0 Å². The Labute approximate surface area is 111 Å². The smallest absolute Gasteiger partial charge is 0.136 e. The van der Waals surface area contributed by atoms with Gasteiger partial charge < -0.3 is 9.80 Å². The summed E-state index contributed by atoms with van der Waals surface area (Å²) in [6, 6.07) is 6.73. The van der Waals surface area contributed by atoms with Crippen LogP contribution in [0.15, 0.2) is 29.2 Å². The number of amidine groups is 1. The molecule has 1 aliphatic heterocycles. The van der Waals surface area contributed by atoms with E-state index < -0.39 is 0 Å². The Kier molecular flexibility index (Phi) is 4.60. The van der Waals surface area contributed by atoms with Crippen LogP contribution in [0.5, 0.6) is 0 Å². The van der Waals surface area contributed by atoms with Crippen molar-refractivity contribution >= 4 is 17.6 Å². The van der Waals surface area contributed by atoms with Crippen molar-refractivity contribution in [2.75, 3.05) is 39.0 Å². The van der Waals surface area contributed by atoms with Gasteiger partial charge >= 0.3 is 0 Å². The fourth-order valence-electron chi connectivity index (χ4n) is 1.88. The van der Waals surface area contributed by atoms with E-state index in [1.54, 1.807) is 12.1 Å². The van der Waals surface area contributed by atoms with Crippen LogP contribution in [0.3, 0.4) is 0 Å². The number of hydrogen-bond acceptors (Lipinski definition) is 3. The monoisotopic (exact) mass is 267 g/mol. The predicted octanol–water partition coefficient (Wildman–Crippen LogP) is 2.14. The van der Waals surface area contributed by atoms with Gasteiger partial charge in [-0.05, 0) is 19.2 Å². The van der Waals surface area contributed by atoms with Gasteiger partial charge in [-0.3, -0.25) is 5.41 Å². The Hall–Kier alpha value is -1.07. The predicted molar refractivity (Wildman–Crippen MR) is 73.9 cm³/mol. The molecule has 0 saturated carbocycles. The third-order valence-corrected chi connectivity index (χ3v) is 4.15. The number of piperazine rings is 1. The van der Waals surface area contributed by atoms with Crippen LogP contribution in [-0.4, -0.2) is 54.6 Å². The van der Waals surface area contributed by atoms with E-state index in [1.165, 1.54) is 17.8 Å². The molecule has 1 N–H and O–H groups in total. The molecule has 1 fully saturated rings. The lowest BCUT2D eigenvalue weighted by Gasteiger charge is -2.34. The lowest BCUT2D eigenvalue weighted by atomic mass is 10.3. The van der Waals surface area contributed by atoms with Crippen LogP contribution < -0.4 is 0 Å². The number of likely N-dealkylation sites (N-methyl/N-ethyl adjacent to an activating group) is 1. The van der Waals surface area contributed by atoms with E-state index in [9.17, 15) is 4.39 Å². The Balaban J connectivity index is 1.83. The summed E-state index contributed by atoms with van der Waals surface area (Å²) < 4.78 is 13.4. The van der Waals surface area contributed by atoms with Gasteiger partial charge in [0.1, 0.15) is 11.7 Å². The van der Waals surface area contributed by atoms with Crippen LogP contribution in [0, 0.1) is 11.2 Å². The second-order valence-electron chi connectivity index (χ2n) is 4.46. The quantitative estimate of drug-likeness (QED) is 0.517. The molecular weight excluding hydrogens is 249 g/mol. The lowest BCUT2D eigenvalue weighted by molar-refractivity contribution is 0.214. The molecule has 1 saturated heterocycles. The summed E-state index contributed by atoms with van der Waals surface area (Å²) in [6.45, 7) is 3.78. The Morgan fingerprint density at radius 2 is 1.94 bits per heavy atom. The first-order chi connectivity index (χ1) is 8.66. The number of rotatable bonds is 3. The zero-order valence-electron chi connectivity index (χ0n) is 10.5.